The van der Waals surface area contributed by atoms with E-state index in [1.807, 2.05) is 37.3 Å². The summed E-state index contributed by atoms with van der Waals surface area (Å²) in [4.78, 5) is 62.2. The molecule has 2 unspecified atom stereocenters. The van der Waals surface area contributed by atoms with Crippen LogP contribution in [0.1, 0.15) is 115 Å². The lowest BCUT2D eigenvalue weighted by Crippen LogP contribution is -2.59. The van der Waals surface area contributed by atoms with E-state index in [4.69, 9.17) is 9.47 Å². The number of carbonyl (C=O) groups excluding carboxylic acids is 4. The zero-order valence-corrected chi connectivity index (χ0v) is 34.2. The van der Waals surface area contributed by atoms with E-state index >= 15 is 4.39 Å². The fraction of sp³-hybridized carbons (Fsp3) is 0.634. The van der Waals surface area contributed by atoms with Crippen molar-refractivity contribution in [3.8, 4) is 5.75 Å². The second kappa shape index (κ2) is 15.2. The Balaban J connectivity index is 1.24. The highest BCUT2D eigenvalue weighted by Crippen LogP contribution is 2.52. The molecule has 2 aliphatic carbocycles. The van der Waals surface area contributed by atoms with Gasteiger partial charge in [0.05, 0.1) is 29.1 Å². The Hall–Kier alpha value is -4.12. The number of nitrogens with one attached hydrogen (secondary N) is 3. The first kappa shape index (κ1) is 42.0. The molecule has 3 aliphatic heterocycles. The predicted octanol–water partition coefficient (Wildman–Crippen LogP) is 6.40. The van der Waals surface area contributed by atoms with Crippen molar-refractivity contribution in [1.82, 2.24) is 25.2 Å². The van der Waals surface area contributed by atoms with Crippen LogP contribution >= 0.6 is 0 Å². The van der Waals surface area contributed by atoms with Crippen LogP contribution in [0, 0.1) is 12.8 Å². The number of alkyl halides is 4. The van der Waals surface area contributed by atoms with E-state index in [0.29, 0.717) is 81.0 Å². The summed E-state index contributed by atoms with van der Waals surface area (Å²) in [6.07, 6.45) is -0.208. The van der Waals surface area contributed by atoms with Crippen LogP contribution in [0.2, 0.25) is 0 Å². The highest BCUT2D eigenvalue weighted by molar-refractivity contribution is 7.91. The number of halogens is 4. The van der Waals surface area contributed by atoms with Gasteiger partial charge in [-0.3, -0.25) is 14.4 Å². The minimum Gasteiger partial charge on any atom is -0.593 e. The third-order valence-corrected chi connectivity index (χ3v) is 14.2. The van der Waals surface area contributed by atoms with Crippen molar-refractivity contribution in [2.45, 2.75) is 151 Å². The lowest BCUT2D eigenvalue weighted by Gasteiger charge is -2.38. The van der Waals surface area contributed by atoms with Gasteiger partial charge >= 0.3 is 12.3 Å². The van der Waals surface area contributed by atoms with Gasteiger partial charge in [-0.25, -0.2) is 14.2 Å². The highest BCUT2D eigenvalue weighted by atomic mass is 32.2. The van der Waals surface area contributed by atoms with Gasteiger partial charge in [-0.15, -0.1) is 0 Å². The molecule has 3 fully saturated rings. The van der Waals surface area contributed by atoms with Crippen LogP contribution in [0.3, 0.4) is 0 Å². The minimum absolute atomic E-state index is 0.00564. The van der Waals surface area contributed by atoms with Crippen LogP contribution in [0.15, 0.2) is 30.4 Å². The number of rotatable bonds is 6. The van der Waals surface area contributed by atoms with Crippen LogP contribution in [0.4, 0.5) is 22.4 Å². The average molecular weight is 834 g/mol. The molecule has 7 atom stereocenters. The molecule has 3 N–H and O–H groups in total. The molecular weight excluding hydrogens is 783 g/mol. The van der Waals surface area contributed by atoms with E-state index in [2.05, 4.69) is 20.3 Å². The maximum Gasteiger partial charge on any atom is 0.427 e. The van der Waals surface area contributed by atoms with Gasteiger partial charge in [-0.05, 0) is 77.5 Å². The number of pyridine rings is 1. The molecule has 316 valence electrons. The molecule has 4 amide bonds. The fourth-order valence-electron chi connectivity index (χ4n) is 8.34. The Labute approximate surface area is 337 Å². The summed E-state index contributed by atoms with van der Waals surface area (Å²) >= 11 is -1.71. The number of alkyl carbamates (subject to hydrolysis) is 1. The molecule has 4 heterocycles. The van der Waals surface area contributed by atoms with E-state index < -0.39 is 87.0 Å². The first-order valence-electron chi connectivity index (χ1n) is 20.1. The molecule has 1 aromatic heterocycles. The van der Waals surface area contributed by atoms with Gasteiger partial charge in [0.15, 0.2) is 0 Å². The normalized spacial score (nSPS) is 30.7. The minimum atomic E-state index is -4.91. The Morgan fingerprint density at radius 3 is 2.57 bits per heavy atom. The van der Waals surface area contributed by atoms with Crippen molar-refractivity contribution in [2.24, 2.45) is 5.92 Å². The molecule has 5 aliphatic rings. The monoisotopic (exact) mass is 833 g/mol. The largest absolute Gasteiger partial charge is 0.593 e. The number of benzene rings is 1. The van der Waals surface area contributed by atoms with Gasteiger partial charge in [0.25, 0.3) is 5.91 Å². The molecule has 17 heteroatoms. The third-order valence-electron chi connectivity index (χ3n) is 12.5. The standard InChI is InChI=1S/C41H51F4N5O7S/c1-6-24-14-15-28-26(18-24)31-27(42)20-39(56-32(31)23(2)46-28)21-30-33(51)48-40(35(53)49-58(55)38(5)16-17-38)19-25(40)12-10-8-7-9-11-13-29(34(52)50(30)22-39)47-36(54)57-37(3,4)41(43,44)45/h10,12,14-15,18,25,27,29-30H,6-9,11,13,16-17,19-22H2,1-5H3,(H,47,54)(H,48,51)(H,49,53)/b12-10-/t25-,27?,29+,30+,39-,40-,58?/m1/s1. The van der Waals surface area contributed by atoms with E-state index in [1.165, 1.54) is 4.90 Å². The second-order valence-electron chi connectivity index (χ2n) is 17.4. The number of carbonyl (C=O) groups is 4. The first-order chi connectivity index (χ1) is 27.2. The van der Waals surface area contributed by atoms with Crippen molar-refractivity contribution in [2.75, 3.05) is 6.54 Å². The number of aryl methyl sites for hydroxylation is 2. The number of amides is 4. The van der Waals surface area contributed by atoms with Gasteiger partial charge in [-0.2, -0.15) is 17.9 Å². The van der Waals surface area contributed by atoms with Gasteiger partial charge in [0.1, 0.15) is 39.9 Å². The molecule has 1 aromatic carbocycles. The van der Waals surface area contributed by atoms with Crippen LogP contribution in [0.5, 0.6) is 5.75 Å². The topological polar surface area (TPSA) is 162 Å². The number of aromatic nitrogens is 1. The van der Waals surface area contributed by atoms with E-state index in [-0.39, 0.29) is 38.0 Å². The van der Waals surface area contributed by atoms with Crippen molar-refractivity contribution < 1.29 is 50.8 Å². The van der Waals surface area contributed by atoms with Crippen molar-refractivity contribution >= 4 is 46.1 Å². The van der Waals surface area contributed by atoms with Crippen LogP contribution in [0.25, 0.3) is 10.9 Å². The Morgan fingerprint density at radius 2 is 1.88 bits per heavy atom. The molecule has 0 radical (unpaired) electrons. The maximum absolute atomic E-state index is 16.8. The lowest BCUT2D eigenvalue weighted by atomic mass is 9.85. The van der Waals surface area contributed by atoms with E-state index in [0.717, 1.165) is 5.56 Å². The second-order valence-corrected chi connectivity index (χ2v) is 19.1. The number of ether oxygens (including phenoxy) is 2. The summed E-state index contributed by atoms with van der Waals surface area (Å²) in [6.45, 7) is 6.53. The SMILES string of the molecule is CCc1ccc2nc(C)c3c(c2c1)C(F)C[C@]1(C[C@H]2C(=O)N[C@]4(C(=O)N[S+]([O-])C5(C)CC5)C[C@H]4/C=C\CCCCC[C@H](NC(=O)OC(C)(C)C(F)(F)F)C(=O)N2C1)O3. The van der Waals surface area contributed by atoms with Gasteiger partial charge < -0.3 is 29.6 Å². The lowest BCUT2D eigenvalue weighted by molar-refractivity contribution is -0.244. The van der Waals surface area contributed by atoms with Crippen LogP contribution in [-0.2, 0) is 36.9 Å². The summed E-state index contributed by atoms with van der Waals surface area (Å²) in [5, 5.41) is 5.81. The zero-order chi connectivity index (χ0) is 42.0. The maximum atomic E-state index is 16.8. The smallest absolute Gasteiger partial charge is 0.427 e. The molecule has 1 spiro atoms. The van der Waals surface area contributed by atoms with Crippen LogP contribution < -0.4 is 20.1 Å². The fourth-order valence-corrected chi connectivity index (χ4v) is 9.41. The molecule has 0 bridgehead atoms. The summed E-state index contributed by atoms with van der Waals surface area (Å²) < 4.78 is 84.5. The third kappa shape index (κ3) is 7.96. The van der Waals surface area contributed by atoms with Crippen molar-refractivity contribution in [3.63, 3.8) is 0 Å². The number of hydrogen-bond acceptors (Lipinski definition) is 8. The zero-order valence-electron chi connectivity index (χ0n) is 33.4. The summed E-state index contributed by atoms with van der Waals surface area (Å²) in [6, 6.07) is 2.84. The number of allylic oxidation sites excluding steroid dienone is 1. The quantitative estimate of drug-likeness (QED) is 0.171. The van der Waals surface area contributed by atoms with Gasteiger partial charge in [-0.1, -0.05) is 38.0 Å². The predicted molar refractivity (Wildman–Crippen MR) is 206 cm³/mol. The number of hydrogen-bond donors (Lipinski definition) is 3. The Kier molecular flexibility index (Phi) is 11.0. The number of nitrogens with zero attached hydrogens (tertiary/aromatic N) is 2. The molecular formula is C41H51F4N5O7S. The Bertz CT molecular complexity index is 2030. The Morgan fingerprint density at radius 1 is 1.14 bits per heavy atom. The van der Waals surface area contributed by atoms with Crippen molar-refractivity contribution in [3.05, 3.63) is 47.2 Å². The van der Waals surface area contributed by atoms with E-state index in [1.54, 1.807) is 13.8 Å². The molecule has 2 aromatic rings. The average Bonchev–Trinajstić information content (AvgIpc) is 4.04. The molecule has 1 saturated heterocycles. The molecule has 58 heavy (non-hydrogen) atoms. The highest BCUT2D eigenvalue weighted by Gasteiger charge is 2.64. The molecule has 2 saturated carbocycles. The van der Waals surface area contributed by atoms with E-state index in [9.17, 15) is 36.9 Å². The van der Waals surface area contributed by atoms with Gasteiger partial charge in [0.2, 0.25) is 17.4 Å². The summed E-state index contributed by atoms with van der Waals surface area (Å²) in [5.74, 6) is -2.42. The molecule has 12 nitrogen and oxygen atoms in total. The van der Waals surface area contributed by atoms with Crippen molar-refractivity contribution in [1.29, 1.82) is 0 Å². The summed E-state index contributed by atoms with van der Waals surface area (Å²) in [7, 11) is 0. The number of fused-ring (bicyclic) bond motifs is 5. The first-order valence-corrected chi connectivity index (χ1v) is 21.2. The van der Waals surface area contributed by atoms with Crippen LogP contribution in [-0.4, -0.2) is 84.5 Å². The molecule has 7 rings (SSSR count). The van der Waals surface area contributed by atoms with Gasteiger partial charge in [0, 0.05) is 42.6 Å². The summed E-state index contributed by atoms with van der Waals surface area (Å²) in [5.41, 5.74) is -3.55.